The molecule has 7 nitrogen and oxygen atoms in total. The van der Waals surface area contributed by atoms with Crippen molar-refractivity contribution in [2.24, 2.45) is 0 Å². The van der Waals surface area contributed by atoms with Crippen LogP contribution in [0.15, 0.2) is 24.5 Å². The zero-order valence-corrected chi connectivity index (χ0v) is 9.85. The third-order valence-corrected chi connectivity index (χ3v) is 2.57. The number of hydrogen-bond acceptors (Lipinski definition) is 6. The molecule has 0 aliphatic carbocycles. The summed E-state index contributed by atoms with van der Waals surface area (Å²) >= 11 is 0.956. The van der Waals surface area contributed by atoms with Gasteiger partial charge < -0.3 is 10.4 Å². The van der Waals surface area contributed by atoms with Gasteiger partial charge in [0, 0.05) is 12.7 Å². The van der Waals surface area contributed by atoms with Crippen molar-refractivity contribution in [1.29, 1.82) is 0 Å². The van der Waals surface area contributed by atoms with Crippen LogP contribution in [0.3, 0.4) is 0 Å². The number of aromatic carboxylic acids is 1. The molecule has 2 rings (SSSR count). The van der Waals surface area contributed by atoms with E-state index in [0.29, 0.717) is 5.56 Å². The number of rotatable bonds is 4. The fourth-order valence-corrected chi connectivity index (χ4v) is 1.61. The molecule has 0 unspecified atom stereocenters. The molecule has 18 heavy (non-hydrogen) atoms. The van der Waals surface area contributed by atoms with Crippen molar-refractivity contribution in [1.82, 2.24) is 19.0 Å². The topological polar surface area (TPSA) is 105 Å². The van der Waals surface area contributed by atoms with E-state index >= 15 is 0 Å². The van der Waals surface area contributed by atoms with Gasteiger partial charge in [0.1, 0.15) is 5.69 Å². The van der Waals surface area contributed by atoms with E-state index in [-0.39, 0.29) is 23.8 Å². The molecule has 0 radical (unpaired) electrons. The SMILES string of the molecule is O=C(O)c1ccc(CNC(=O)c2cnsn2)cn1. The Kier molecular flexibility index (Phi) is 3.58. The van der Waals surface area contributed by atoms with Crippen LogP contribution in [0.25, 0.3) is 0 Å². The number of nitrogens with one attached hydrogen (secondary N) is 1. The summed E-state index contributed by atoms with van der Waals surface area (Å²) in [6, 6.07) is 2.98. The molecule has 2 N–H and O–H groups in total. The third kappa shape index (κ3) is 2.86. The number of carboxylic acid groups (broad SMARTS) is 1. The van der Waals surface area contributed by atoms with Crippen LogP contribution in [0.4, 0.5) is 0 Å². The normalized spacial score (nSPS) is 10.0. The maximum absolute atomic E-state index is 11.5. The van der Waals surface area contributed by atoms with E-state index in [9.17, 15) is 9.59 Å². The van der Waals surface area contributed by atoms with Crippen LogP contribution in [-0.2, 0) is 6.54 Å². The first-order valence-corrected chi connectivity index (χ1v) is 5.64. The summed E-state index contributed by atoms with van der Waals surface area (Å²) in [6.07, 6.45) is 2.79. The van der Waals surface area contributed by atoms with E-state index in [4.69, 9.17) is 5.11 Å². The van der Waals surface area contributed by atoms with E-state index in [0.717, 1.165) is 11.7 Å². The zero-order valence-electron chi connectivity index (χ0n) is 9.03. The first-order chi connectivity index (χ1) is 8.66. The van der Waals surface area contributed by atoms with Crippen molar-refractivity contribution < 1.29 is 14.7 Å². The Balaban J connectivity index is 1.94. The Labute approximate surface area is 106 Å². The average Bonchev–Trinajstić information content (AvgIpc) is 2.90. The van der Waals surface area contributed by atoms with Gasteiger partial charge in [-0.25, -0.2) is 9.78 Å². The van der Waals surface area contributed by atoms with E-state index in [1.165, 1.54) is 18.5 Å². The van der Waals surface area contributed by atoms with Crippen LogP contribution in [-0.4, -0.2) is 30.7 Å². The number of carbonyl (C=O) groups is 2. The average molecular weight is 264 g/mol. The lowest BCUT2D eigenvalue weighted by Gasteiger charge is -2.03. The molecule has 0 aromatic carbocycles. The summed E-state index contributed by atoms with van der Waals surface area (Å²) in [7, 11) is 0. The summed E-state index contributed by atoms with van der Waals surface area (Å²) in [5.41, 5.74) is 0.931. The summed E-state index contributed by atoms with van der Waals surface area (Å²) in [4.78, 5) is 25.9. The highest BCUT2D eigenvalue weighted by atomic mass is 32.1. The molecule has 92 valence electrons. The van der Waals surface area contributed by atoms with E-state index in [1.54, 1.807) is 6.07 Å². The van der Waals surface area contributed by atoms with Crippen molar-refractivity contribution in [3.63, 3.8) is 0 Å². The Bertz CT molecular complexity index is 553. The molecule has 2 heterocycles. The lowest BCUT2D eigenvalue weighted by atomic mass is 10.2. The zero-order chi connectivity index (χ0) is 13.0. The quantitative estimate of drug-likeness (QED) is 0.836. The van der Waals surface area contributed by atoms with Gasteiger partial charge in [-0.05, 0) is 11.6 Å². The molecule has 0 spiro atoms. The number of carbonyl (C=O) groups excluding carboxylic acids is 1. The number of nitrogens with zero attached hydrogens (tertiary/aromatic N) is 3. The minimum atomic E-state index is -1.08. The molecule has 0 fully saturated rings. The highest BCUT2D eigenvalue weighted by molar-refractivity contribution is 6.99. The number of amides is 1. The van der Waals surface area contributed by atoms with Gasteiger partial charge in [0.05, 0.1) is 17.9 Å². The van der Waals surface area contributed by atoms with Gasteiger partial charge in [-0.3, -0.25) is 4.79 Å². The van der Waals surface area contributed by atoms with Gasteiger partial charge in [-0.1, -0.05) is 6.07 Å². The summed E-state index contributed by atoms with van der Waals surface area (Å²) < 4.78 is 7.51. The van der Waals surface area contributed by atoms with Crippen molar-refractivity contribution in [3.8, 4) is 0 Å². The second kappa shape index (κ2) is 5.32. The fourth-order valence-electron chi connectivity index (χ4n) is 1.19. The van der Waals surface area contributed by atoms with E-state index < -0.39 is 5.97 Å². The number of aromatic nitrogens is 3. The molecule has 0 saturated carbocycles. The number of pyridine rings is 1. The largest absolute Gasteiger partial charge is 0.477 e. The molecule has 1 amide bonds. The molecular formula is C10H8N4O3S. The predicted octanol–water partition coefficient (Wildman–Crippen LogP) is 0.561. The molecule has 0 bridgehead atoms. The lowest BCUT2D eigenvalue weighted by Crippen LogP contribution is -2.23. The van der Waals surface area contributed by atoms with Crippen molar-refractivity contribution in [2.45, 2.75) is 6.54 Å². The van der Waals surface area contributed by atoms with Gasteiger partial charge in [-0.2, -0.15) is 8.75 Å². The second-order valence-electron chi connectivity index (χ2n) is 3.33. The Morgan fingerprint density at radius 2 is 2.11 bits per heavy atom. The molecule has 0 saturated heterocycles. The standard InChI is InChI=1S/C10H8N4O3S/c15-9(8-5-13-18-14-8)12-4-6-1-2-7(10(16)17)11-3-6/h1-3,5H,4H2,(H,12,15)(H,16,17). The number of carboxylic acids is 1. The highest BCUT2D eigenvalue weighted by Crippen LogP contribution is 2.01. The smallest absolute Gasteiger partial charge is 0.354 e. The minimum Gasteiger partial charge on any atom is -0.477 e. The molecule has 2 aromatic rings. The van der Waals surface area contributed by atoms with Crippen molar-refractivity contribution >= 4 is 23.6 Å². The number of hydrogen-bond donors (Lipinski definition) is 2. The van der Waals surface area contributed by atoms with Gasteiger partial charge in [0.25, 0.3) is 5.91 Å². The first-order valence-electron chi connectivity index (χ1n) is 4.91. The van der Waals surface area contributed by atoms with Gasteiger partial charge in [0.2, 0.25) is 0 Å². The van der Waals surface area contributed by atoms with Crippen molar-refractivity contribution in [3.05, 3.63) is 41.5 Å². The monoisotopic (exact) mass is 264 g/mol. The Morgan fingerprint density at radius 3 is 2.67 bits per heavy atom. The highest BCUT2D eigenvalue weighted by Gasteiger charge is 2.08. The van der Waals surface area contributed by atoms with Gasteiger partial charge in [0.15, 0.2) is 5.69 Å². The van der Waals surface area contributed by atoms with Crippen LogP contribution in [0, 0.1) is 0 Å². The lowest BCUT2D eigenvalue weighted by molar-refractivity contribution is 0.0690. The van der Waals surface area contributed by atoms with Crippen LogP contribution < -0.4 is 5.32 Å². The Hall–Kier alpha value is -2.35. The Morgan fingerprint density at radius 1 is 1.28 bits per heavy atom. The maximum atomic E-state index is 11.5. The van der Waals surface area contributed by atoms with Crippen LogP contribution >= 0.6 is 11.7 Å². The molecule has 0 aliphatic heterocycles. The van der Waals surface area contributed by atoms with Gasteiger partial charge >= 0.3 is 5.97 Å². The summed E-state index contributed by atoms with van der Waals surface area (Å²) in [5.74, 6) is -1.41. The summed E-state index contributed by atoms with van der Waals surface area (Å²) in [5, 5.41) is 11.3. The van der Waals surface area contributed by atoms with E-state index in [2.05, 4.69) is 19.0 Å². The van der Waals surface area contributed by atoms with E-state index in [1.807, 2.05) is 0 Å². The van der Waals surface area contributed by atoms with Gasteiger partial charge in [-0.15, -0.1) is 0 Å². The second-order valence-corrected chi connectivity index (χ2v) is 3.89. The molecule has 2 aromatic heterocycles. The maximum Gasteiger partial charge on any atom is 0.354 e. The predicted molar refractivity (Wildman–Crippen MR) is 62.3 cm³/mol. The molecule has 0 atom stereocenters. The minimum absolute atomic E-state index is 0.0335. The molecular weight excluding hydrogens is 256 g/mol. The first kappa shape index (κ1) is 12.1. The fraction of sp³-hybridized carbons (Fsp3) is 0.100. The molecule has 0 aliphatic rings. The van der Waals surface area contributed by atoms with Crippen LogP contribution in [0.5, 0.6) is 0 Å². The van der Waals surface area contributed by atoms with Crippen LogP contribution in [0.2, 0.25) is 0 Å². The van der Waals surface area contributed by atoms with Crippen molar-refractivity contribution in [2.75, 3.05) is 0 Å². The van der Waals surface area contributed by atoms with Crippen LogP contribution in [0.1, 0.15) is 26.5 Å². The molecule has 8 heteroatoms. The summed E-state index contributed by atoms with van der Waals surface area (Å²) in [6.45, 7) is 0.253. The third-order valence-electron chi connectivity index (χ3n) is 2.09.